The van der Waals surface area contributed by atoms with E-state index in [1.807, 2.05) is 0 Å². The number of nitrogens with two attached hydrogens (primary N) is 4. The highest BCUT2D eigenvalue weighted by atomic mass is 16.4. The van der Waals surface area contributed by atoms with Gasteiger partial charge in [-0.3, -0.25) is 24.0 Å². The van der Waals surface area contributed by atoms with Crippen molar-refractivity contribution in [1.29, 1.82) is 0 Å². The van der Waals surface area contributed by atoms with E-state index in [2.05, 4.69) is 16.0 Å². The Balaban J connectivity index is 5.47. The monoisotopic (exact) mass is 487 g/mol. The summed E-state index contributed by atoms with van der Waals surface area (Å²) in [6, 6.07) is -4.94. The van der Waals surface area contributed by atoms with E-state index in [4.69, 9.17) is 22.9 Å². The smallest absolute Gasteiger partial charge is 0.326 e. The molecule has 0 aliphatic rings. The van der Waals surface area contributed by atoms with Crippen LogP contribution in [-0.4, -0.2) is 71.3 Å². The van der Waals surface area contributed by atoms with Crippen molar-refractivity contribution in [3.8, 4) is 0 Å². The molecule has 0 spiro atoms. The maximum Gasteiger partial charge on any atom is 0.326 e. The number of hydrogen-bond donors (Lipinski definition) is 8. The number of amides is 5. The Morgan fingerprint density at radius 3 is 1.85 bits per heavy atom. The minimum atomic E-state index is -1.30. The predicted octanol–water partition coefficient (Wildman–Crippen LogP) is -3.22. The molecule has 0 saturated heterocycles. The molecule has 34 heavy (non-hydrogen) atoms. The van der Waals surface area contributed by atoms with Crippen LogP contribution < -0.4 is 38.9 Å². The molecule has 14 heteroatoms. The molecule has 0 heterocycles. The van der Waals surface area contributed by atoms with Crippen LogP contribution >= 0.6 is 0 Å². The van der Waals surface area contributed by atoms with Gasteiger partial charge in [0.1, 0.15) is 18.1 Å². The second-order valence-electron chi connectivity index (χ2n) is 8.26. The zero-order valence-corrected chi connectivity index (χ0v) is 19.5. The number of aliphatic carboxylic acids is 1. The number of carboxylic acids is 1. The average molecular weight is 488 g/mol. The number of nitrogens with one attached hydrogen (secondary N) is 3. The number of carboxylic acid groups (broad SMARTS) is 1. The summed E-state index contributed by atoms with van der Waals surface area (Å²) in [6.45, 7) is 3.62. The fraction of sp³-hybridized carbons (Fsp3) is 0.700. The molecule has 4 atom stereocenters. The first-order valence-electron chi connectivity index (χ1n) is 11.0. The third-order valence-electron chi connectivity index (χ3n) is 4.88. The maximum absolute atomic E-state index is 12.9. The first-order valence-corrected chi connectivity index (χ1v) is 11.0. The van der Waals surface area contributed by atoms with E-state index in [-0.39, 0.29) is 19.3 Å². The number of carbonyl (C=O) groups is 6. The SMILES string of the molecule is CC(C)C(NC(=O)C(N)CC(N)=O)C(=O)NC(CCC(N)=O)C(=O)NC(CCCCN)C(=O)O. The molecule has 0 aromatic rings. The van der Waals surface area contributed by atoms with Crippen molar-refractivity contribution in [2.45, 2.75) is 76.5 Å². The second kappa shape index (κ2) is 15.6. The van der Waals surface area contributed by atoms with Gasteiger partial charge in [-0.1, -0.05) is 13.8 Å². The van der Waals surface area contributed by atoms with Crippen molar-refractivity contribution in [2.24, 2.45) is 28.9 Å². The molecular formula is C20H37N7O7. The molecule has 4 unspecified atom stereocenters. The van der Waals surface area contributed by atoms with Crippen LogP contribution in [0.4, 0.5) is 0 Å². The fourth-order valence-electron chi connectivity index (χ4n) is 2.94. The van der Waals surface area contributed by atoms with Gasteiger partial charge in [0.2, 0.25) is 29.5 Å². The number of unbranched alkanes of at least 4 members (excludes halogenated alkanes) is 1. The van der Waals surface area contributed by atoms with Crippen molar-refractivity contribution in [3.63, 3.8) is 0 Å². The van der Waals surface area contributed by atoms with Crippen LogP contribution in [0.5, 0.6) is 0 Å². The first-order chi connectivity index (χ1) is 15.8. The van der Waals surface area contributed by atoms with E-state index in [0.29, 0.717) is 19.4 Å². The minimum Gasteiger partial charge on any atom is -0.480 e. The van der Waals surface area contributed by atoms with E-state index in [1.54, 1.807) is 13.8 Å². The predicted molar refractivity (Wildman–Crippen MR) is 121 cm³/mol. The summed E-state index contributed by atoms with van der Waals surface area (Å²) in [6.07, 6.45) is 0.265. The van der Waals surface area contributed by atoms with Gasteiger partial charge in [-0.05, 0) is 38.1 Å². The molecule has 194 valence electrons. The maximum atomic E-state index is 12.9. The summed E-state index contributed by atoms with van der Waals surface area (Å²) >= 11 is 0. The van der Waals surface area contributed by atoms with Gasteiger partial charge in [0.05, 0.1) is 12.5 Å². The Labute approximate surface area is 197 Å². The number of primary amides is 2. The summed E-state index contributed by atoms with van der Waals surface area (Å²) in [5, 5.41) is 16.6. The largest absolute Gasteiger partial charge is 0.480 e. The number of carbonyl (C=O) groups excluding carboxylic acids is 5. The molecule has 0 aromatic heterocycles. The fourth-order valence-corrected chi connectivity index (χ4v) is 2.94. The number of rotatable bonds is 17. The van der Waals surface area contributed by atoms with E-state index >= 15 is 0 Å². The highest BCUT2D eigenvalue weighted by Crippen LogP contribution is 2.07. The molecule has 12 N–H and O–H groups in total. The van der Waals surface area contributed by atoms with Gasteiger partial charge >= 0.3 is 5.97 Å². The molecule has 0 aromatic carbocycles. The Bertz CT molecular complexity index is 745. The van der Waals surface area contributed by atoms with Gasteiger partial charge in [0.25, 0.3) is 0 Å². The van der Waals surface area contributed by atoms with Gasteiger partial charge in [-0.15, -0.1) is 0 Å². The second-order valence-corrected chi connectivity index (χ2v) is 8.26. The molecule has 0 aliphatic heterocycles. The summed E-state index contributed by atoms with van der Waals surface area (Å²) in [7, 11) is 0. The molecule has 0 fully saturated rings. The van der Waals surface area contributed by atoms with Crippen molar-refractivity contribution < 1.29 is 33.9 Å². The van der Waals surface area contributed by atoms with Crippen LogP contribution in [-0.2, 0) is 28.8 Å². The summed E-state index contributed by atoms with van der Waals surface area (Å²) in [5.74, 6) is -5.62. The molecule has 0 radical (unpaired) electrons. The highest BCUT2D eigenvalue weighted by molar-refractivity contribution is 5.95. The number of hydrogen-bond acceptors (Lipinski definition) is 8. The van der Waals surface area contributed by atoms with Crippen LogP contribution in [0.25, 0.3) is 0 Å². The van der Waals surface area contributed by atoms with Gasteiger partial charge in [0, 0.05) is 6.42 Å². The summed E-state index contributed by atoms with van der Waals surface area (Å²) in [5.41, 5.74) is 21.2. The average Bonchev–Trinajstić information content (AvgIpc) is 2.72. The summed E-state index contributed by atoms with van der Waals surface area (Å²) < 4.78 is 0. The highest BCUT2D eigenvalue weighted by Gasteiger charge is 2.32. The van der Waals surface area contributed by atoms with Crippen LogP contribution in [0.1, 0.15) is 52.4 Å². The molecule has 0 bridgehead atoms. The molecule has 14 nitrogen and oxygen atoms in total. The molecule has 5 amide bonds. The van der Waals surface area contributed by atoms with Crippen LogP contribution in [0.3, 0.4) is 0 Å². The van der Waals surface area contributed by atoms with E-state index in [9.17, 15) is 33.9 Å². The van der Waals surface area contributed by atoms with Crippen molar-refractivity contribution in [3.05, 3.63) is 0 Å². The lowest BCUT2D eigenvalue weighted by atomic mass is 10.0. The Kier molecular flexibility index (Phi) is 14.1. The Morgan fingerprint density at radius 2 is 1.38 bits per heavy atom. The minimum absolute atomic E-state index is 0.122. The van der Waals surface area contributed by atoms with Gasteiger partial charge in [-0.2, -0.15) is 0 Å². The lowest BCUT2D eigenvalue weighted by Crippen LogP contribution is -2.58. The summed E-state index contributed by atoms with van der Waals surface area (Å²) in [4.78, 5) is 71.6. The van der Waals surface area contributed by atoms with Gasteiger partial charge in [-0.25, -0.2) is 4.79 Å². The van der Waals surface area contributed by atoms with Crippen molar-refractivity contribution in [2.75, 3.05) is 6.54 Å². The standard InChI is InChI=1S/C20H37N7O7/c1-10(2)16(27-17(30)11(22)9-15(24)29)19(32)25-12(6-7-14(23)28)18(31)26-13(20(33)34)5-3-4-8-21/h10-13,16H,3-9,21-22H2,1-2H3,(H2,23,28)(H2,24,29)(H,25,32)(H,26,31)(H,27,30)(H,33,34). The van der Waals surface area contributed by atoms with Gasteiger partial charge < -0.3 is 44.0 Å². The normalized spacial score (nSPS) is 14.4. The van der Waals surface area contributed by atoms with Gasteiger partial charge in [0.15, 0.2) is 0 Å². The lowest BCUT2D eigenvalue weighted by Gasteiger charge is -2.26. The van der Waals surface area contributed by atoms with Crippen LogP contribution in [0, 0.1) is 5.92 Å². The molecule has 0 rings (SSSR count). The Hall–Kier alpha value is -3.26. The van der Waals surface area contributed by atoms with E-state index < -0.39 is 72.0 Å². The van der Waals surface area contributed by atoms with Crippen LogP contribution in [0.2, 0.25) is 0 Å². The molecule has 0 aliphatic carbocycles. The molecule has 0 saturated carbocycles. The molecular weight excluding hydrogens is 450 g/mol. The van der Waals surface area contributed by atoms with Crippen molar-refractivity contribution in [1.82, 2.24) is 16.0 Å². The topological polar surface area (TPSA) is 263 Å². The van der Waals surface area contributed by atoms with E-state index in [0.717, 1.165) is 0 Å². The third kappa shape index (κ3) is 12.1. The zero-order chi connectivity index (χ0) is 26.4. The Morgan fingerprint density at radius 1 is 0.794 bits per heavy atom. The lowest BCUT2D eigenvalue weighted by molar-refractivity contribution is -0.142. The third-order valence-corrected chi connectivity index (χ3v) is 4.88. The van der Waals surface area contributed by atoms with E-state index in [1.165, 1.54) is 0 Å². The van der Waals surface area contributed by atoms with Crippen LogP contribution in [0.15, 0.2) is 0 Å². The zero-order valence-electron chi connectivity index (χ0n) is 19.5. The van der Waals surface area contributed by atoms with Crippen molar-refractivity contribution >= 4 is 35.5 Å². The quantitative estimate of drug-likeness (QED) is 0.0957. The first kappa shape index (κ1) is 30.7.